The molecule has 0 atom stereocenters. The number of rotatable bonds is 8. The van der Waals surface area contributed by atoms with Crippen molar-refractivity contribution in [2.45, 2.75) is 13.3 Å². The van der Waals surface area contributed by atoms with E-state index in [4.69, 9.17) is 9.47 Å². The topological polar surface area (TPSA) is 44.8 Å². The summed E-state index contributed by atoms with van der Waals surface area (Å²) in [5.74, 6) is -0.326. The average molecular weight is 202 g/mol. The van der Waals surface area contributed by atoms with Crippen molar-refractivity contribution in [3.63, 3.8) is 0 Å². The lowest BCUT2D eigenvalue weighted by Gasteiger charge is -1.99. The molecule has 0 aromatic carbocycles. The van der Waals surface area contributed by atoms with E-state index < -0.39 is 0 Å². The van der Waals surface area contributed by atoms with E-state index in [2.05, 4.69) is 4.74 Å². The van der Waals surface area contributed by atoms with Gasteiger partial charge in [-0.15, -0.1) is 0 Å². The molecule has 4 heteroatoms. The Labute approximate surface area is 84.8 Å². The van der Waals surface area contributed by atoms with Crippen LogP contribution in [0.4, 0.5) is 0 Å². The number of carbonyl (C=O) groups is 1. The van der Waals surface area contributed by atoms with Crippen LogP contribution in [0.5, 0.6) is 0 Å². The van der Waals surface area contributed by atoms with Crippen LogP contribution in [0.1, 0.15) is 13.3 Å². The Hall–Kier alpha value is -0.870. The standard InChI is InChI=1S/C10H18O4/c1-3-14-10(11)6-4-8-13-9-5-7-12-2/h4,6H,3,5,7-9H2,1-2H3/b6-4+. The SMILES string of the molecule is CCOC(=O)/C=C/COCCCOC. The van der Waals surface area contributed by atoms with Crippen LogP contribution in [-0.4, -0.2) is 39.5 Å². The maximum Gasteiger partial charge on any atom is 0.330 e. The van der Waals surface area contributed by atoms with Gasteiger partial charge in [-0.25, -0.2) is 4.79 Å². The van der Waals surface area contributed by atoms with Gasteiger partial charge >= 0.3 is 5.97 Å². The number of hydrogen-bond acceptors (Lipinski definition) is 4. The van der Waals surface area contributed by atoms with E-state index >= 15 is 0 Å². The molecule has 0 unspecified atom stereocenters. The minimum absolute atomic E-state index is 0.326. The molecule has 0 aromatic rings. The van der Waals surface area contributed by atoms with Gasteiger partial charge in [-0.1, -0.05) is 6.08 Å². The number of esters is 1. The molecule has 0 rings (SSSR count). The lowest BCUT2D eigenvalue weighted by molar-refractivity contribution is -0.137. The number of carbonyl (C=O) groups excluding carboxylic acids is 1. The van der Waals surface area contributed by atoms with E-state index in [1.807, 2.05) is 0 Å². The Morgan fingerprint density at radius 2 is 2.14 bits per heavy atom. The molecule has 0 bridgehead atoms. The molecule has 0 aromatic heterocycles. The van der Waals surface area contributed by atoms with Crippen LogP contribution in [0.25, 0.3) is 0 Å². The van der Waals surface area contributed by atoms with Gasteiger partial charge in [0.2, 0.25) is 0 Å². The molecule has 0 spiro atoms. The van der Waals surface area contributed by atoms with Crippen molar-refractivity contribution in [2.75, 3.05) is 33.5 Å². The third kappa shape index (κ3) is 9.22. The summed E-state index contributed by atoms with van der Waals surface area (Å²) in [5.41, 5.74) is 0. The molecule has 0 saturated carbocycles. The molecule has 0 N–H and O–H groups in total. The molecule has 14 heavy (non-hydrogen) atoms. The first-order valence-electron chi connectivity index (χ1n) is 4.71. The highest BCUT2D eigenvalue weighted by atomic mass is 16.5. The van der Waals surface area contributed by atoms with Crippen molar-refractivity contribution < 1.29 is 19.0 Å². The summed E-state index contributed by atoms with van der Waals surface area (Å²) in [6.45, 7) is 3.94. The maximum atomic E-state index is 10.8. The summed E-state index contributed by atoms with van der Waals surface area (Å²) < 4.78 is 14.7. The molecule has 0 saturated heterocycles. The van der Waals surface area contributed by atoms with Gasteiger partial charge in [0, 0.05) is 26.4 Å². The first-order valence-corrected chi connectivity index (χ1v) is 4.71. The monoisotopic (exact) mass is 202 g/mol. The molecule has 82 valence electrons. The van der Waals surface area contributed by atoms with Crippen molar-refractivity contribution >= 4 is 5.97 Å². The van der Waals surface area contributed by atoms with E-state index in [1.54, 1.807) is 20.1 Å². The molecule has 0 aliphatic carbocycles. The summed E-state index contributed by atoms with van der Waals surface area (Å²) in [7, 11) is 1.65. The smallest absolute Gasteiger partial charge is 0.330 e. The van der Waals surface area contributed by atoms with Crippen LogP contribution in [0.3, 0.4) is 0 Å². The minimum Gasteiger partial charge on any atom is -0.463 e. The van der Waals surface area contributed by atoms with E-state index in [9.17, 15) is 4.79 Å². The second kappa shape index (κ2) is 10.2. The summed E-state index contributed by atoms with van der Waals surface area (Å²) in [6.07, 6.45) is 3.88. The quantitative estimate of drug-likeness (QED) is 0.336. The minimum atomic E-state index is -0.326. The molecule has 0 aliphatic heterocycles. The summed E-state index contributed by atoms with van der Waals surface area (Å²) in [5, 5.41) is 0. The highest BCUT2D eigenvalue weighted by Gasteiger charge is 1.91. The molecule has 0 radical (unpaired) electrons. The van der Waals surface area contributed by atoms with Gasteiger partial charge in [-0.3, -0.25) is 0 Å². The third-order valence-corrected chi connectivity index (χ3v) is 1.39. The zero-order valence-corrected chi connectivity index (χ0v) is 8.82. The van der Waals surface area contributed by atoms with Crippen LogP contribution < -0.4 is 0 Å². The van der Waals surface area contributed by atoms with E-state index in [-0.39, 0.29) is 5.97 Å². The Bertz CT molecular complexity index is 166. The van der Waals surface area contributed by atoms with Gasteiger partial charge < -0.3 is 14.2 Å². The van der Waals surface area contributed by atoms with Crippen LogP contribution in [-0.2, 0) is 19.0 Å². The Morgan fingerprint density at radius 3 is 2.79 bits per heavy atom. The fraction of sp³-hybridized carbons (Fsp3) is 0.700. The highest BCUT2D eigenvalue weighted by molar-refractivity contribution is 5.81. The van der Waals surface area contributed by atoms with Gasteiger partial charge in [0.1, 0.15) is 0 Å². The lowest BCUT2D eigenvalue weighted by Crippen LogP contribution is -2.01. The van der Waals surface area contributed by atoms with Gasteiger partial charge in [-0.05, 0) is 13.3 Å². The average Bonchev–Trinajstić information content (AvgIpc) is 2.17. The fourth-order valence-corrected chi connectivity index (χ4v) is 0.791. The molecule has 0 aliphatic rings. The predicted octanol–water partition coefficient (Wildman–Crippen LogP) is 1.16. The Kier molecular flexibility index (Phi) is 9.58. The Balaban J connectivity index is 3.22. The van der Waals surface area contributed by atoms with E-state index in [1.165, 1.54) is 6.08 Å². The van der Waals surface area contributed by atoms with Gasteiger partial charge in [0.15, 0.2) is 0 Å². The summed E-state index contributed by atoms with van der Waals surface area (Å²) in [4.78, 5) is 10.8. The first-order chi connectivity index (χ1) is 6.81. The van der Waals surface area contributed by atoms with Crippen LogP contribution in [0.2, 0.25) is 0 Å². The normalized spacial score (nSPS) is 10.7. The van der Waals surface area contributed by atoms with Crippen molar-refractivity contribution in [3.8, 4) is 0 Å². The predicted molar refractivity (Wildman–Crippen MR) is 53.1 cm³/mol. The van der Waals surface area contributed by atoms with Gasteiger partial charge in [0.05, 0.1) is 13.2 Å². The van der Waals surface area contributed by atoms with Gasteiger partial charge in [0.25, 0.3) is 0 Å². The van der Waals surface area contributed by atoms with Crippen molar-refractivity contribution in [3.05, 3.63) is 12.2 Å². The van der Waals surface area contributed by atoms with Crippen LogP contribution in [0, 0.1) is 0 Å². The second-order valence-corrected chi connectivity index (χ2v) is 2.58. The summed E-state index contributed by atoms with van der Waals surface area (Å²) in [6, 6.07) is 0. The highest BCUT2D eigenvalue weighted by Crippen LogP contribution is 1.86. The van der Waals surface area contributed by atoms with Gasteiger partial charge in [-0.2, -0.15) is 0 Å². The zero-order valence-electron chi connectivity index (χ0n) is 8.82. The Morgan fingerprint density at radius 1 is 1.36 bits per heavy atom. The van der Waals surface area contributed by atoms with E-state index in [0.717, 1.165) is 6.42 Å². The lowest BCUT2D eigenvalue weighted by atomic mass is 10.5. The van der Waals surface area contributed by atoms with Crippen molar-refractivity contribution in [1.82, 2.24) is 0 Å². The van der Waals surface area contributed by atoms with Crippen LogP contribution in [0.15, 0.2) is 12.2 Å². The number of methoxy groups -OCH3 is 1. The van der Waals surface area contributed by atoms with Crippen molar-refractivity contribution in [2.24, 2.45) is 0 Å². The molecular formula is C10H18O4. The summed E-state index contributed by atoms with van der Waals surface area (Å²) >= 11 is 0. The maximum absolute atomic E-state index is 10.8. The molecule has 0 fully saturated rings. The second-order valence-electron chi connectivity index (χ2n) is 2.58. The largest absolute Gasteiger partial charge is 0.463 e. The first kappa shape index (κ1) is 13.1. The zero-order chi connectivity index (χ0) is 10.6. The van der Waals surface area contributed by atoms with Crippen molar-refractivity contribution in [1.29, 1.82) is 0 Å². The molecular weight excluding hydrogens is 184 g/mol. The number of hydrogen-bond donors (Lipinski definition) is 0. The molecule has 4 nitrogen and oxygen atoms in total. The third-order valence-electron chi connectivity index (χ3n) is 1.39. The van der Waals surface area contributed by atoms with Crippen LogP contribution >= 0.6 is 0 Å². The van der Waals surface area contributed by atoms with E-state index in [0.29, 0.717) is 26.4 Å². The molecule has 0 amide bonds. The fourth-order valence-electron chi connectivity index (χ4n) is 0.791. The number of ether oxygens (including phenoxy) is 3. The molecule has 0 heterocycles.